The van der Waals surface area contributed by atoms with Gasteiger partial charge in [0.1, 0.15) is 18.0 Å². The van der Waals surface area contributed by atoms with Crippen molar-refractivity contribution < 1.29 is 14.6 Å². The fraction of sp³-hybridized carbons (Fsp3) is 0.409. The molecule has 2 aromatic heterocycles. The smallest absolute Gasteiger partial charge is 0.323 e. The second kappa shape index (κ2) is 8.68. The van der Waals surface area contributed by atoms with E-state index in [0.29, 0.717) is 49.7 Å². The molecule has 1 aliphatic rings. The topological polar surface area (TPSA) is 84.7 Å². The van der Waals surface area contributed by atoms with Gasteiger partial charge in [-0.25, -0.2) is 4.98 Å². The van der Waals surface area contributed by atoms with Gasteiger partial charge in [-0.3, -0.25) is 9.59 Å². The van der Waals surface area contributed by atoms with Gasteiger partial charge in [0.2, 0.25) is 0 Å². The summed E-state index contributed by atoms with van der Waals surface area (Å²) in [5.74, 6) is 0.199. The van der Waals surface area contributed by atoms with Crippen molar-refractivity contribution in [2.24, 2.45) is 5.92 Å². The number of carboxylic acids is 1. The van der Waals surface area contributed by atoms with Crippen LogP contribution in [0.5, 0.6) is 0 Å². The summed E-state index contributed by atoms with van der Waals surface area (Å²) in [6.45, 7) is 0.497. The Hall–Kier alpha value is -2.29. The standard InChI is InChI=1S/C22H24ClN3O4S/c1-25(10-12-8-13(9-12)30-2)17-7-5-15-20(29)14-4-6-16(23)21(31-3)19(14)26(11-18(27)28)22(15)24-17/h4-7,12-13H,8-11H2,1-3H3,(H,27,28). The summed E-state index contributed by atoms with van der Waals surface area (Å²) in [5, 5.41) is 10.9. The summed E-state index contributed by atoms with van der Waals surface area (Å²) in [5.41, 5.74) is 0.682. The molecule has 0 amide bonds. The van der Waals surface area contributed by atoms with Gasteiger partial charge in [0.25, 0.3) is 0 Å². The molecule has 0 spiro atoms. The maximum absolute atomic E-state index is 13.2. The van der Waals surface area contributed by atoms with Gasteiger partial charge in [0.05, 0.1) is 26.9 Å². The zero-order chi connectivity index (χ0) is 22.3. The van der Waals surface area contributed by atoms with E-state index in [2.05, 4.69) is 0 Å². The fourth-order valence-electron chi connectivity index (χ4n) is 4.26. The third kappa shape index (κ3) is 4.00. The lowest BCUT2D eigenvalue weighted by Crippen LogP contribution is -2.38. The zero-order valence-corrected chi connectivity index (χ0v) is 19.2. The molecule has 4 rings (SSSR count). The molecule has 0 atom stereocenters. The molecular formula is C22H24ClN3O4S. The maximum atomic E-state index is 13.2. The summed E-state index contributed by atoms with van der Waals surface area (Å²) in [7, 11) is 3.69. The quantitative estimate of drug-likeness (QED) is 0.422. The third-order valence-corrected chi connectivity index (χ3v) is 7.15. The number of hydrogen-bond acceptors (Lipinski definition) is 6. The van der Waals surface area contributed by atoms with E-state index in [1.807, 2.05) is 24.3 Å². The SMILES string of the molecule is COC1CC(CN(C)c2ccc3c(=O)c4ccc(Cl)c(SC)c4n(CC(=O)O)c3n2)C1. The number of carboxylic acid groups (broad SMARTS) is 1. The van der Waals surface area contributed by atoms with Crippen LogP contribution in [0.4, 0.5) is 5.82 Å². The molecule has 1 N–H and O–H groups in total. The fourth-order valence-corrected chi connectivity index (χ4v) is 5.32. The van der Waals surface area contributed by atoms with Crippen LogP contribution < -0.4 is 10.3 Å². The van der Waals surface area contributed by atoms with E-state index in [1.54, 1.807) is 29.9 Å². The highest BCUT2D eigenvalue weighted by atomic mass is 35.5. The molecule has 1 saturated carbocycles. The number of carbonyl (C=O) groups is 1. The molecule has 1 aromatic carbocycles. The van der Waals surface area contributed by atoms with Crippen molar-refractivity contribution in [3.05, 3.63) is 39.5 Å². The van der Waals surface area contributed by atoms with Crippen LogP contribution in [0.1, 0.15) is 12.8 Å². The number of aromatic nitrogens is 2. The molecule has 3 aromatic rings. The molecule has 1 aliphatic carbocycles. The summed E-state index contributed by atoms with van der Waals surface area (Å²) in [6, 6.07) is 6.88. The first kappa shape index (κ1) is 21.9. The predicted octanol–water partition coefficient (Wildman–Crippen LogP) is 3.87. The van der Waals surface area contributed by atoms with E-state index >= 15 is 0 Å². The van der Waals surface area contributed by atoms with E-state index < -0.39 is 5.97 Å². The summed E-state index contributed by atoms with van der Waals surface area (Å²) in [4.78, 5) is 32.4. The predicted molar refractivity (Wildman–Crippen MR) is 125 cm³/mol. The van der Waals surface area contributed by atoms with Crippen LogP contribution >= 0.6 is 23.4 Å². The molecule has 0 aliphatic heterocycles. The normalized spacial score (nSPS) is 18.3. The number of anilines is 1. The number of rotatable bonds is 7. The monoisotopic (exact) mass is 461 g/mol. The molecule has 7 nitrogen and oxygen atoms in total. The minimum Gasteiger partial charge on any atom is -0.480 e. The number of benzene rings is 1. The van der Waals surface area contributed by atoms with Crippen molar-refractivity contribution in [1.29, 1.82) is 0 Å². The lowest BCUT2D eigenvalue weighted by atomic mass is 9.82. The Kier molecular flexibility index (Phi) is 6.14. The highest BCUT2D eigenvalue weighted by molar-refractivity contribution is 7.99. The van der Waals surface area contributed by atoms with Gasteiger partial charge in [-0.15, -0.1) is 11.8 Å². The number of halogens is 1. The molecule has 0 saturated heterocycles. The first-order chi connectivity index (χ1) is 14.8. The van der Waals surface area contributed by atoms with Crippen molar-refractivity contribution in [1.82, 2.24) is 9.55 Å². The van der Waals surface area contributed by atoms with Crippen molar-refractivity contribution in [2.45, 2.75) is 30.4 Å². The number of thioether (sulfide) groups is 1. The van der Waals surface area contributed by atoms with E-state index in [4.69, 9.17) is 21.3 Å². The molecule has 1 fully saturated rings. The van der Waals surface area contributed by atoms with Crippen molar-refractivity contribution >= 4 is 57.1 Å². The first-order valence-electron chi connectivity index (χ1n) is 9.99. The highest BCUT2D eigenvalue weighted by Gasteiger charge is 2.30. The Morgan fingerprint density at radius 2 is 2.03 bits per heavy atom. The molecule has 0 radical (unpaired) electrons. The number of aliphatic carboxylic acids is 1. The molecular weight excluding hydrogens is 438 g/mol. The van der Waals surface area contributed by atoms with Crippen LogP contribution in [-0.2, 0) is 16.1 Å². The van der Waals surface area contributed by atoms with Crippen LogP contribution in [-0.4, -0.2) is 53.7 Å². The molecule has 164 valence electrons. The van der Waals surface area contributed by atoms with Crippen LogP contribution in [0.25, 0.3) is 21.9 Å². The minimum absolute atomic E-state index is 0.178. The van der Waals surface area contributed by atoms with Gasteiger partial charge >= 0.3 is 5.97 Å². The Labute approximate surface area is 189 Å². The molecule has 31 heavy (non-hydrogen) atoms. The number of ether oxygens (including phenoxy) is 1. The minimum atomic E-state index is -1.01. The summed E-state index contributed by atoms with van der Waals surface area (Å²) >= 11 is 7.76. The number of pyridine rings is 2. The Bertz CT molecular complexity index is 1220. The van der Waals surface area contributed by atoms with Gasteiger partial charge in [-0.2, -0.15) is 0 Å². The van der Waals surface area contributed by atoms with Crippen LogP contribution in [0, 0.1) is 5.92 Å². The highest BCUT2D eigenvalue weighted by Crippen LogP contribution is 2.34. The van der Waals surface area contributed by atoms with E-state index in [-0.39, 0.29) is 12.0 Å². The summed E-state index contributed by atoms with van der Waals surface area (Å²) < 4.78 is 6.95. The second-order valence-corrected chi connectivity index (χ2v) is 9.13. The van der Waals surface area contributed by atoms with Gasteiger partial charge in [0, 0.05) is 26.1 Å². The second-order valence-electron chi connectivity index (χ2n) is 7.90. The molecule has 0 bridgehead atoms. The summed E-state index contributed by atoms with van der Waals surface area (Å²) in [6.07, 6.45) is 4.20. The van der Waals surface area contributed by atoms with Crippen molar-refractivity contribution in [3.63, 3.8) is 0 Å². The van der Waals surface area contributed by atoms with E-state index in [9.17, 15) is 14.7 Å². The average molecular weight is 462 g/mol. The van der Waals surface area contributed by atoms with Gasteiger partial charge < -0.3 is 19.3 Å². The van der Waals surface area contributed by atoms with Gasteiger partial charge in [-0.1, -0.05) is 11.6 Å². The number of nitrogens with zero attached hydrogens (tertiary/aromatic N) is 3. The van der Waals surface area contributed by atoms with Crippen LogP contribution in [0.3, 0.4) is 0 Å². The third-order valence-electron chi connectivity index (χ3n) is 5.91. The zero-order valence-electron chi connectivity index (χ0n) is 17.6. The number of methoxy groups -OCH3 is 1. The Morgan fingerprint density at radius 1 is 1.32 bits per heavy atom. The number of fused-ring (bicyclic) bond motifs is 2. The number of hydrogen-bond donors (Lipinski definition) is 1. The Morgan fingerprint density at radius 3 is 2.68 bits per heavy atom. The lowest BCUT2D eigenvalue weighted by Gasteiger charge is -2.36. The van der Waals surface area contributed by atoms with E-state index in [1.165, 1.54) is 11.8 Å². The molecule has 9 heteroatoms. The van der Waals surface area contributed by atoms with Gasteiger partial charge in [0.15, 0.2) is 5.43 Å². The molecule has 0 unspecified atom stereocenters. The molecule has 2 heterocycles. The van der Waals surface area contributed by atoms with Gasteiger partial charge in [-0.05, 0) is 49.3 Å². The van der Waals surface area contributed by atoms with Crippen molar-refractivity contribution in [2.75, 3.05) is 31.9 Å². The van der Waals surface area contributed by atoms with E-state index in [0.717, 1.165) is 19.4 Å². The average Bonchev–Trinajstić information content (AvgIpc) is 2.72. The largest absolute Gasteiger partial charge is 0.480 e. The van der Waals surface area contributed by atoms with Crippen molar-refractivity contribution in [3.8, 4) is 0 Å². The Balaban J connectivity index is 1.88. The maximum Gasteiger partial charge on any atom is 0.323 e. The lowest BCUT2D eigenvalue weighted by molar-refractivity contribution is -0.137. The van der Waals surface area contributed by atoms with Crippen LogP contribution in [0.15, 0.2) is 34.0 Å². The first-order valence-corrected chi connectivity index (χ1v) is 11.6. The van der Waals surface area contributed by atoms with Crippen LogP contribution in [0.2, 0.25) is 5.02 Å².